The van der Waals surface area contributed by atoms with Gasteiger partial charge in [-0.25, -0.2) is 4.98 Å². The molecular formula is C15H25N3O. The first kappa shape index (κ1) is 14.3. The molecule has 0 spiro atoms. The lowest BCUT2D eigenvalue weighted by Gasteiger charge is -2.36. The number of hydrogen-bond acceptors (Lipinski definition) is 4. The van der Waals surface area contributed by atoms with Crippen molar-refractivity contribution in [1.82, 2.24) is 10.3 Å². The van der Waals surface area contributed by atoms with Crippen LogP contribution in [0, 0.1) is 0 Å². The van der Waals surface area contributed by atoms with Gasteiger partial charge in [0, 0.05) is 18.8 Å². The van der Waals surface area contributed by atoms with Gasteiger partial charge in [0.05, 0.1) is 19.3 Å². The van der Waals surface area contributed by atoms with Crippen molar-refractivity contribution in [2.45, 2.75) is 39.3 Å². The molecule has 1 aliphatic heterocycles. The molecule has 0 aromatic carbocycles. The molecular weight excluding hydrogens is 238 g/mol. The van der Waals surface area contributed by atoms with Crippen LogP contribution in [0.1, 0.15) is 31.5 Å². The van der Waals surface area contributed by atoms with E-state index in [0.29, 0.717) is 6.04 Å². The van der Waals surface area contributed by atoms with Crippen LogP contribution >= 0.6 is 0 Å². The summed E-state index contributed by atoms with van der Waals surface area (Å²) in [4.78, 5) is 7.20. The van der Waals surface area contributed by atoms with E-state index in [0.717, 1.165) is 45.0 Å². The van der Waals surface area contributed by atoms with Crippen molar-refractivity contribution in [3.63, 3.8) is 0 Å². The van der Waals surface area contributed by atoms with Gasteiger partial charge in [0.15, 0.2) is 0 Å². The minimum absolute atomic E-state index is 0.454. The first-order valence-corrected chi connectivity index (χ1v) is 7.27. The average molecular weight is 263 g/mol. The Morgan fingerprint density at radius 3 is 2.95 bits per heavy atom. The van der Waals surface area contributed by atoms with Crippen LogP contribution in [0.3, 0.4) is 0 Å². The van der Waals surface area contributed by atoms with Crippen molar-refractivity contribution in [2.24, 2.45) is 0 Å². The van der Waals surface area contributed by atoms with Crippen LogP contribution in [-0.2, 0) is 17.7 Å². The van der Waals surface area contributed by atoms with Crippen LogP contribution < -0.4 is 10.2 Å². The molecule has 2 rings (SSSR count). The van der Waals surface area contributed by atoms with Gasteiger partial charge in [-0.1, -0.05) is 13.8 Å². The van der Waals surface area contributed by atoms with E-state index in [1.807, 2.05) is 7.05 Å². The van der Waals surface area contributed by atoms with Crippen molar-refractivity contribution in [1.29, 1.82) is 0 Å². The number of anilines is 1. The van der Waals surface area contributed by atoms with E-state index in [1.165, 1.54) is 11.3 Å². The first-order chi connectivity index (χ1) is 9.28. The fourth-order valence-corrected chi connectivity index (χ4v) is 2.56. The van der Waals surface area contributed by atoms with Crippen LogP contribution in [0.5, 0.6) is 0 Å². The third-order valence-corrected chi connectivity index (χ3v) is 3.66. The van der Waals surface area contributed by atoms with Gasteiger partial charge < -0.3 is 15.0 Å². The summed E-state index contributed by atoms with van der Waals surface area (Å²) in [7, 11) is 1.98. The largest absolute Gasteiger partial charge is 0.377 e. The summed E-state index contributed by atoms with van der Waals surface area (Å²) in [5.41, 5.74) is 2.48. The summed E-state index contributed by atoms with van der Waals surface area (Å²) in [6, 6.07) is 4.86. The van der Waals surface area contributed by atoms with Gasteiger partial charge >= 0.3 is 0 Å². The Bertz CT molecular complexity index is 408. The molecule has 1 unspecified atom stereocenters. The van der Waals surface area contributed by atoms with Gasteiger partial charge in [0.1, 0.15) is 5.82 Å². The van der Waals surface area contributed by atoms with E-state index < -0.39 is 0 Å². The zero-order valence-corrected chi connectivity index (χ0v) is 12.3. The molecule has 1 aromatic heterocycles. The maximum absolute atomic E-state index is 5.58. The monoisotopic (exact) mass is 263 g/mol. The molecule has 4 nitrogen and oxygen atoms in total. The lowest BCUT2D eigenvalue weighted by atomic mass is 10.1. The number of aromatic nitrogens is 1. The van der Waals surface area contributed by atoms with Crippen molar-refractivity contribution >= 4 is 5.82 Å². The molecule has 1 aromatic rings. The second kappa shape index (κ2) is 6.87. The molecule has 2 heterocycles. The first-order valence-electron chi connectivity index (χ1n) is 7.27. The standard InChI is InChI=1S/C15H25N3O/c1-4-13-8-12(10-16-3)9-15(17-13)18-6-7-19-11-14(18)5-2/h8-9,14,16H,4-7,10-11H2,1-3H3. The van der Waals surface area contributed by atoms with Crippen molar-refractivity contribution in [3.05, 3.63) is 23.4 Å². The molecule has 19 heavy (non-hydrogen) atoms. The Balaban J connectivity index is 2.28. The normalized spacial score (nSPS) is 19.7. The van der Waals surface area contributed by atoms with Crippen molar-refractivity contribution in [2.75, 3.05) is 31.7 Å². The predicted molar refractivity (Wildman–Crippen MR) is 78.6 cm³/mol. The maximum Gasteiger partial charge on any atom is 0.129 e. The topological polar surface area (TPSA) is 37.4 Å². The number of aryl methyl sites for hydroxylation is 1. The highest BCUT2D eigenvalue weighted by molar-refractivity contribution is 5.44. The summed E-state index contributed by atoms with van der Waals surface area (Å²) >= 11 is 0. The smallest absolute Gasteiger partial charge is 0.129 e. The van der Waals surface area contributed by atoms with Gasteiger partial charge in [-0.05, 0) is 37.6 Å². The quantitative estimate of drug-likeness (QED) is 0.881. The molecule has 1 atom stereocenters. The molecule has 0 amide bonds. The van der Waals surface area contributed by atoms with Gasteiger partial charge in [-0.2, -0.15) is 0 Å². The third kappa shape index (κ3) is 3.45. The second-order valence-electron chi connectivity index (χ2n) is 5.04. The Hall–Kier alpha value is -1.13. The number of rotatable bonds is 5. The van der Waals surface area contributed by atoms with Crippen molar-refractivity contribution in [3.8, 4) is 0 Å². The van der Waals surface area contributed by atoms with Crippen molar-refractivity contribution < 1.29 is 4.74 Å². The van der Waals surface area contributed by atoms with Gasteiger partial charge in [-0.3, -0.25) is 0 Å². The maximum atomic E-state index is 5.58. The highest BCUT2D eigenvalue weighted by Crippen LogP contribution is 2.21. The van der Waals surface area contributed by atoms with Gasteiger partial charge in [0.2, 0.25) is 0 Å². The number of morpholine rings is 1. The lowest BCUT2D eigenvalue weighted by Crippen LogP contribution is -2.45. The summed E-state index contributed by atoms with van der Waals surface area (Å²) in [5, 5.41) is 3.22. The minimum Gasteiger partial charge on any atom is -0.377 e. The average Bonchev–Trinajstić information content (AvgIpc) is 2.47. The van der Waals surface area contributed by atoms with E-state index in [-0.39, 0.29) is 0 Å². The van der Waals surface area contributed by atoms with E-state index in [2.05, 4.69) is 36.2 Å². The molecule has 106 valence electrons. The lowest BCUT2D eigenvalue weighted by molar-refractivity contribution is 0.0925. The second-order valence-corrected chi connectivity index (χ2v) is 5.04. The van der Waals surface area contributed by atoms with Gasteiger partial charge in [0.25, 0.3) is 0 Å². The zero-order chi connectivity index (χ0) is 13.7. The Labute approximate surface area is 116 Å². The number of pyridine rings is 1. The Morgan fingerprint density at radius 1 is 1.42 bits per heavy atom. The third-order valence-electron chi connectivity index (χ3n) is 3.66. The summed E-state index contributed by atoms with van der Waals surface area (Å²) < 4.78 is 5.58. The fourth-order valence-electron chi connectivity index (χ4n) is 2.56. The molecule has 0 aliphatic carbocycles. The van der Waals surface area contributed by atoms with E-state index in [4.69, 9.17) is 9.72 Å². The number of nitrogens with zero attached hydrogens (tertiary/aromatic N) is 2. The molecule has 1 saturated heterocycles. The summed E-state index contributed by atoms with van der Waals surface area (Å²) in [6.07, 6.45) is 2.07. The molecule has 1 aliphatic rings. The van der Waals surface area contributed by atoms with Crippen LogP contribution in [0.2, 0.25) is 0 Å². The SMILES string of the molecule is CCc1cc(CNC)cc(N2CCOCC2CC)n1. The summed E-state index contributed by atoms with van der Waals surface area (Å²) in [5.74, 6) is 1.11. The van der Waals surface area contributed by atoms with Crippen LogP contribution in [0.4, 0.5) is 5.82 Å². The number of hydrogen-bond donors (Lipinski definition) is 1. The van der Waals surface area contributed by atoms with E-state index >= 15 is 0 Å². The highest BCUT2D eigenvalue weighted by atomic mass is 16.5. The number of ether oxygens (including phenoxy) is 1. The molecule has 0 radical (unpaired) electrons. The van der Waals surface area contributed by atoms with Crippen LogP contribution in [0.25, 0.3) is 0 Å². The Kier molecular flexibility index (Phi) is 5.16. The molecule has 1 fully saturated rings. The van der Waals surface area contributed by atoms with Gasteiger partial charge in [-0.15, -0.1) is 0 Å². The van der Waals surface area contributed by atoms with Crippen LogP contribution in [0.15, 0.2) is 12.1 Å². The molecule has 0 bridgehead atoms. The zero-order valence-electron chi connectivity index (χ0n) is 12.3. The van der Waals surface area contributed by atoms with E-state index in [1.54, 1.807) is 0 Å². The van der Waals surface area contributed by atoms with Crippen LogP contribution in [-0.4, -0.2) is 37.8 Å². The fraction of sp³-hybridized carbons (Fsp3) is 0.667. The molecule has 0 saturated carbocycles. The molecule has 1 N–H and O–H groups in total. The van der Waals surface area contributed by atoms with E-state index in [9.17, 15) is 0 Å². The highest BCUT2D eigenvalue weighted by Gasteiger charge is 2.23. The number of nitrogens with one attached hydrogen (secondary N) is 1. The summed E-state index contributed by atoms with van der Waals surface area (Å²) in [6.45, 7) is 7.82. The predicted octanol–water partition coefficient (Wildman–Crippen LogP) is 1.98. The molecule has 4 heteroatoms. The Morgan fingerprint density at radius 2 is 2.26 bits per heavy atom. The minimum atomic E-state index is 0.454.